The van der Waals surface area contributed by atoms with Crippen molar-refractivity contribution in [2.45, 2.75) is 32.1 Å². The van der Waals surface area contributed by atoms with E-state index in [1.54, 1.807) is 0 Å². The van der Waals surface area contributed by atoms with Gasteiger partial charge in [-0.1, -0.05) is 30.3 Å². The van der Waals surface area contributed by atoms with Crippen LogP contribution in [0.5, 0.6) is 0 Å². The van der Waals surface area contributed by atoms with Crippen molar-refractivity contribution in [2.24, 2.45) is 0 Å². The monoisotopic (exact) mass is 235 g/mol. The van der Waals surface area contributed by atoms with Crippen molar-refractivity contribution >= 4 is 0 Å². The molecule has 1 N–H and O–H groups in total. The Balaban J connectivity index is 1.78. The van der Waals surface area contributed by atoms with Gasteiger partial charge >= 0.3 is 0 Å². The molecule has 0 aliphatic carbocycles. The largest absolute Gasteiger partial charge is 0.376 e. The van der Waals surface area contributed by atoms with Crippen molar-refractivity contribution in [3.63, 3.8) is 0 Å². The summed E-state index contributed by atoms with van der Waals surface area (Å²) in [6, 6.07) is 10.7. The molecule has 17 heavy (non-hydrogen) atoms. The number of morpholine rings is 1. The van der Waals surface area contributed by atoms with E-state index in [0.717, 1.165) is 13.2 Å². The molecule has 0 radical (unpaired) electrons. The van der Waals surface area contributed by atoms with Crippen LogP contribution in [0, 0.1) is 0 Å². The predicted octanol–water partition coefficient (Wildman–Crippen LogP) is 2.14. The van der Waals surface area contributed by atoms with Gasteiger partial charge < -0.3 is 14.8 Å². The van der Waals surface area contributed by atoms with Gasteiger partial charge in [0.2, 0.25) is 0 Å². The minimum Gasteiger partial charge on any atom is -0.376 e. The normalized spacial score (nSPS) is 25.1. The van der Waals surface area contributed by atoms with E-state index in [1.165, 1.54) is 5.56 Å². The fourth-order valence-corrected chi connectivity index (χ4v) is 1.93. The fourth-order valence-electron chi connectivity index (χ4n) is 1.93. The lowest BCUT2D eigenvalue weighted by Gasteiger charge is -2.30. The van der Waals surface area contributed by atoms with Gasteiger partial charge in [-0.3, -0.25) is 0 Å². The smallest absolute Gasteiger partial charge is 0.0933 e. The molecule has 0 spiro atoms. The van der Waals surface area contributed by atoms with Crippen LogP contribution in [0.4, 0.5) is 0 Å². The van der Waals surface area contributed by atoms with Crippen LogP contribution in [0.2, 0.25) is 0 Å². The molecule has 0 bridgehead atoms. The number of nitrogens with one attached hydrogen (secondary N) is 1. The third-order valence-corrected chi connectivity index (χ3v) is 2.91. The van der Waals surface area contributed by atoms with Crippen LogP contribution in [0.3, 0.4) is 0 Å². The molecule has 0 aromatic heterocycles. The molecule has 1 aromatic carbocycles. The summed E-state index contributed by atoms with van der Waals surface area (Å²) in [5.74, 6) is 0. The molecular weight excluding hydrogens is 214 g/mol. The van der Waals surface area contributed by atoms with Gasteiger partial charge in [-0.2, -0.15) is 0 Å². The molecule has 1 aromatic rings. The maximum atomic E-state index is 5.81. The average Bonchev–Trinajstić information content (AvgIpc) is 2.38. The summed E-state index contributed by atoms with van der Waals surface area (Å²) in [5, 5.41) is 3.50. The first kappa shape index (κ1) is 12.6. The number of ether oxygens (including phenoxy) is 2. The Morgan fingerprint density at radius 3 is 2.71 bits per heavy atom. The molecule has 1 heterocycles. The summed E-state index contributed by atoms with van der Waals surface area (Å²) in [7, 11) is 0. The van der Waals surface area contributed by atoms with Gasteiger partial charge in [0.05, 0.1) is 31.5 Å². The van der Waals surface area contributed by atoms with Gasteiger partial charge in [-0.05, 0) is 19.4 Å². The van der Waals surface area contributed by atoms with E-state index >= 15 is 0 Å². The van der Waals surface area contributed by atoms with Gasteiger partial charge in [-0.25, -0.2) is 0 Å². The molecule has 1 saturated heterocycles. The first-order valence-electron chi connectivity index (χ1n) is 6.27. The summed E-state index contributed by atoms with van der Waals surface area (Å²) >= 11 is 0. The average molecular weight is 235 g/mol. The van der Waals surface area contributed by atoms with E-state index in [-0.39, 0.29) is 12.2 Å². The lowest BCUT2D eigenvalue weighted by atomic mass is 10.1. The number of hydrogen-bond acceptors (Lipinski definition) is 3. The predicted molar refractivity (Wildman–Crippen MR) is 68.0 cm³/mol. The Hall–Kier alpha value is -0.900. The molecule has 3 heteroatoms. The van der Waals surface area contributed by atoms with E-state index in [1.807, 2.05) is 19.9 Å². The van der Waals surface area contributed by atoms with E-state index in [9.17, 15) is 0 Å². The lowest BCUT2D eigenvalue weighted by molar-refractivity contribution is -0.0601. The molecule has 2 unspecified atom stereocenters. The highest BCUT2D eigenvalue weighted by molar-refractivity contribution is 5.19. The summed E-state index contributed by atoms with van der Waals surface area (Å²) < 4.78 is 11.4. The second-order valence-electron chi connectivity index (χ2n) is 4.71. The van der Waals surface area contributed by atoms with Gasteiger partial charge in [0.25, 0.3) is 0 Å². The van der Waals surface area contributed by atoms with Gasteiger partial charge in [0.15, 0.2) is 0 Å². The highest BCUT2D eigenvalue weighted by atomic mass is 16.5. The van der Waals surface area contributed by atoms with Gasteiger partial charge in [0.1, 0.15) is 0 Å². The second kappa shape index (κ2) is 6.15. The van der Waals surface area contributed by atoms with Gasteiger partial charge in [0, 0.05) is 6.54 Å². The van der Waals surface area contributed by atoms with E-state index in [0.29, 0.717) is 12.6 Å². The van der Waals surface area contributed by atoms with Crippen molar-refractivity contribution < 1.29 is 9.47 Å². The topological polar surface area (TPSA) is 30.5 Å². The number of benzene rings is 1. The zero-order valence-electron chi connectivity index (χ0n) is 10.6. The molecular formula is C14H21NO2. The highest BCUT2D eigenvalue weighted by Crippen LogP contribution is 2.17. The van der Waals surface area contributed by atoms with Gasteiger partial charge in [-0.15, -0.1) is 0 Å². The van der Waals surface area contributed by atoms with Crippen LogP contribution < -0.4 is 5.32 Å². The lowest BCUT2D eigenvalue weighted by Crippen LogP contribution is -2.43. The Morgan fingerprint density at radius 1 is 1.35 bits per heavy atom. The molecule has 0 amide bonds. The summed E-state index contributed by atoms with van der Waals surface area (Å²) in [4.78, 5) is 0. The van der Waals surface area contributed by atoms with Crippen LogP contribution in [-0.4, -0.2) is 32.0 Å². The third-order valence-electron chi connectivity index (χ3n) is 2.91. The fraction of sp³-hybridized carbons (Fsp3) is 0.571. The quantitative estimate of drug-likeness (QED) is 0.867. The highest BCUT2D eigenvalue weighted by Gasteiger charge is 2.22. The summed E-state index contributed by atoms with van der Waals surface area (Å²) in [5.41, 5.74) is 1.29. The minimum absolute atomic E-state index is 0.178. The minimum atomic E-state index is 0.178. The molecule has 2 atom stereocenters. The van der Waals surface area contributed by atoms with Crippen LogP contribution >= 0.6 is 0 Å². The molecule has 2 rings (SSSR count). The molecule has 94 valence electrons. The Morgan fingerprint density at radius 2 is 2.12 bits per heavy atom. The molecule has 0 saturated carbocycles. The van der Waals surface area contributed by atoms with Crippen molar-refractivity contribution in [1.29, 1.82) is 0 Å². The summed E-state index contributed by atoms with van der Waals surface area (Å²) in [6.45, 7) is 6.33. The zero-order chi connectivity index (χ0) is 12.1. The zero-order valence-corrected chi connectivity index (χ0v) is 10.6. The number of rotatable bonds is 4. The van der Waals surface area contributed by atoms with Crippen molar-refractivity contribution in [3.05, 3.63) is 35.9 Å². The van der Waals surface area contributed by atoms with Crippen LogP contribution in [0.15, 0.2) is 30.3 Å². The maximum Gasteiger partial charge on any atom is 0.0933 e. The standard InChI is InChI=1S/C14H21NO2/c1-11(2)16-9-13-8-15-14(10-17-13)12-6-4-3-5-7-12/h3-7,11,13-15H,8-10H2,1-2H3. The van der Waals surface area contributed by atoms with E-state index < -0.39 is 0 Å². The van der Waals surface area contributed by atoms with E-state index in [4.69, 9.17) is 9.47 Å². The SMILES string of the molecule is CC(C)OCC1CNC(c2ccccc2)CO1. The molecule has 3 nitrogen and oxygen atoms in total. The van der Waals surface area contributed by atoms with Crippen molar-refractivity contribution in [2.75, 3.05) is 19.8 Å². The Labute approximate surface area is 103 Å². The Bertz CT molecular complexity index is 318. The number of hydrogen-bond donors (Lipinski definition) is 1. The molecule has 1 fully saturated rings. The van der Waals surface area contributed by atoms with Crippen LogP contribution in [0.25, 0.3) is 0 Å². The first-order chi connectivity index (χ1) is 8.25. The Kier molecular flexibility index (Phi) is 4.54. The van der Waals surface area contributed by atoms with E-state index in [2.05, 4.69) is 29.6 Å². The first-order valence-corrected chi connectivity index (χ1v) is 6.27. The second-order valence-corrected chi connectivity index (χ2v) is 4.71. The molecule has 1 aliphatic rings. The maximum absolute atomic E-state index is 5.81. The van der Waals surface area contributed by atoms with Crippen molar-refractivity contribution in [3.8, 4) is 0 Å². The van der Waals surface area contributed by atoms with Crippen LogP contribution in [0.1, 0.15) is 25.5 Å². The van der Waals surface area contributed by atoms with Crippen molar-refractivity contribution in [1.82, 2.24) is 5.32 Å². The molecule has 1 aliphatic heterocycles. The third kappa shape index (κ3) is 3.80. The summed E-state index contributed by atoms with van der Waals surface area (Å²) in [6.07, 6.45) is 0.447. The van der Waals surface area contributed by atoms with Crippen LogP contribution in [-0.2, 0) is 9.47 Å².